The van der Waals surface area contributed by atoms with Crippen molar-refractivity contribution in [2.75, 3.05) is 25.1 Å². The summed E-state index contributed by atoms with van der Waals surface area (Å²) in [5.74, 6) is 0.804. The van der Waals surface area contributed by atoms with E-state index in [1.54, 1.807) is 13.3 Å². The maximum Gasteiger partial charge on any atom is 0.214 e. The average Bonchev–Trinajstić information content (AvgIpc) is 2.30. The van der Waals surface area contributed by atoms with Crippen molar-refractivity contribution in [2.45, 2.75) is 13.3 Å². The number of anilines is 1. The molecule has 88 valence electrons. The summed E-state index contributed by atoms with van der Waals surface area (Å²) >= 11 is 0. The maximum absolute atomic E-state index is 7.22. The number of hydrogen-bond donors (Lipinski definition) is 2. The van der Waals surface area contributed by atoms with Gasteiger partial charge in [0.1, 0.15) is 0 Å². The summed E-state index contributed by atoms with van der Waals surface area (Å²) in [6.45, 7) is 3.66. The molecule has 0 fully saturated rings. The zero-order valence-corrected chi connectivity index (χ0v) is 9.73. The molecule has 0 spiro atoms. The topological polar surface area (TPSA) is 75.2 Å². The van der Waals surface area contributed by atoms with E-state index in [9.17, 15) is 0 Å². The van der Waals surface area contributed by atoms with E-state index in [0.717, 1.165) is 18.8 Å². The lowest BCUT2D eigenvalue weighted by molar-refractivity contribution is 0.398. The Morgan fingerprint density at radius 2 is 2.38 bits per heavy atom. The summed E-state index contributed by atoms with van der Waals surface area (Å²) in [5.41, 5.74) is 6.39. The van der Waals surface area contributed by atoms with Crippen molar-refractivity contribution in [3.05, 3.63) is 18.3 Å². The first kappa shape index (κ1) is 12.3. The molecule has 1 aromatic heterocycles. The van der Waals surface area contributed by atoms with Crippen LogP contribution in [-0.4, -0.2) is 31.0 Å². The zero-order chi connectivity index (χ0) is 12.0. The van der Waals surface area contributed by atoms with Crippen LogP contribution < -0.4 is 15.4 Å². The molecule has 0 amide bonds. The monoisotopic (exact) mass is 222 g/mol. The summed E-state index contributed by atoms with van der Waals surface area (Å²) in [6.07, 6.45) is 2.28. The molecule has 16 heavy (non-hydrogen) atoms. The summed E-state index contributed by atoms with van der Waals surface area (Å²) in [6, 6.07) is 3.80. The molecule has 0 aliphatic rings. The van der Waals surface area contributed by atoms with Gasteiger partial charge in [0.15, 0.2) is 0 Å². The molecular weight excluding hydrogens is 204 g/mol. The molecule has 0 bridgehead atoms. The lowest BCUT2D eigenvalue weighted by atomic mass is 10.3. The van der Waals surface area contributed by atoms with Crippen molar-refractivity contribution in [2.24, 2.45) is 5.73 Å². The lowest BCUT2D eigenvalue weighted by Gasteiger charge is -2.22. The van der Waals surface area contributed by atoms with E-state index in [0.29, 0.717) is 12.3 Å². The van der Waals surface area contributed by atoms with Crippen molar-refractivity contribution < 1.29 is 4.74 Å². The zero-order valence-electron chi connectivity index (χ0n) is 9.73. The van der Waals surface area contributed by atoms with Crippen LogP contribution in [-0.2, 0) is 0 Å². The van der Waals surface area contributed by atoms with Gasteiger partial charge in [-0.15, -0.1) is 0 Å². The molecule has 3 N–H and O–H groups in total. The molecule has 0 aromatic carbocycles. The van der Waals surface area contributed by atoms with Crippen molar-refractivity contribution >= 4 is 11.5 Å². The number of nitrogens with zero attached hydrogens (tertiary/aromatic N) is 2. The molecular formula is C11H18N4O. The van der Waals surface area contributed by atoms with Crippen molar-refractivity contribution in [1.82, 2.24) is 4.98 Å². The highest BCUT2D eigenvalue weighted by Gasteiger charge is 2.06. The van der Waals surface area contributed by atoms with Gasteiger partial charge < -0.3 is 15.4 Å². The molecule has 0 saturated heterocycles. The van der Waals surface area contributed by atoms with Gasteiger partial charge in [0, 0.05) is 37.5 Å². The first-order valence-corrected chi connectivity index (χ1v) is 5.25. The normalized spacial score (nSPS) is 9.88. The molecule has 0 aliphatic carbocycles. The summed E-state index contributed by atoms with van der Waals surface area (Å²) in [5, 5.41) is 7.22. The van der Waals surface area contributed by atoms with Crippen molar-refractivity contribution in [3.63, 3.8) is 0 Å². The predicted octanol–water partition coefficient (Wildman–Crippen LogP) is 1.24. The SMILES string of the molecule is CCN(CCC(=N)N)c1ccnc(OC)c1. The van der Waals surface area contributed by atoms with Crippen LogP contribution in [0.25, 0.3) is 0 Å². The third-order valence-electron chi connectivity index (χ3n) is 2.33. The third kappa shape index (κ3) is 3.42. The number of nitrogens with two attached hydrogens (primary N) is 1. The number of aromatic nitrogens is 1. The Morgan fingerprint density at radius 1 is 1.62 bits per heavy atom. The van der Waals surface area contributed by atoms with E-state index in [4.69, 9.17) is 15.9 Å². The van der Waals surface area contributed by atoms with E-state index < -0.39 is 0 Å². The van der Waals surface area contributed by atoms with Crippen LogP contribution in [0.1, 0.15) is 13.3 Å². The standard InChI is InChI=1S/C11H18N4O/c1-3-15(7-5-10(12)13)9-4-6-14-11(8-9)16-2/h4,6,8H,3,5,7H2,1-2H3,(H3,12,13). The van der Waals surface area contributed by atoms with Crippen LogP contribution >= 0.6 is 0 Å². The molecule has 5 heteroatoms. The maximum atomic E-state index is 7.22. The van der Waals surface area contributed by atoms with Crippen LogP contribution in [0.5, 0.6) is 5.88 Å². The smallest absolute Gasteiger partial charge is 0.214 e. The van der Waals surface area contributed by atoms with Crippen LogP contribution in [0.2, 0.25) is 0 Å². The van der Waals surface area contributed by atoms with Gasteiger partial charge in [-0.1, -0.05) is 0 Å². The molecule has 1 aromatic rings. The van der Waals surface area contributed by atoms with E-state index in [2.05, 4.69) is 16.8 Å². The number of hydrogen-bond acceptors (Lipinski definition) is 4. The number of nitrogens with one attached hydrogen (secondary N) is 1. The van der Waals surface area contributed by atoms with Gasteiger partial charge in [-0.3, -0.25) is 5.41 Å². The molecule has 5 nitrogen and oxygen atoms in total. The first-order chi connectivity index (χ1) is 7.67. The Balaban J connectivity index is 2.73. The highest BCUT2D eigenvalue weighted by Crippen LogP contribution is 2.18. The number of ether oxygens (including phenoxy) is 1. The number of pyridine rings is 1. The minimum atomic E-state index is 0.208. The Hall–Kier alpha value is -1.78. The minimum absolute atomic E-state index is 0.208. The fraction of sp³-hybridized carbons (Fsp3) is 0.455. The van der Waals surface area contributed by atoms with E-state index in [1.807, 2.05) is 12.1 Å². The number of amidine groups is 1. The van der Waals surface area contributed by atoms with Crippen LogP contribution in [0.3, 0.4) is 0 Å². The molecule has 0 unspecified atom stereocenters. The van der Waals surface area contributed by atoms with Gasteiger partial charge in [-0.25, -0.2) is 4.98 Å². The van der Waals surface area contributed by atoms with E-state index >= 15 is 0 Å². The molecule has 0 radical (unpaired) electrons. The Kier molecular flexibility index (Phi) is 4.57. The van der Waals surface area contributed by atoms with Crippen LogP contribution in [0.4, 0.5) is 5.69 Å². The number of methoxy groups -OCH3 is 1. The van der Waals surface area contributed by atoms with Crippen molar-refractivity contribution in [3.8, 4) is 5.88 Å². The Morgan fingerprint density at radius 3 is 2.94 bits per heavy atom. The van der Waals surface area contributed by atoms with Crippen molar-refractivity contribution in [1.29, 1.82) is 5.41 Å². The quantitative estimate of drug-likeness (QED) is 0.561. The fourth-order valence-corrected chi connectivity index (χ4v) is 1.43. The third-order valence-corrected chi connectivity index (χ3v) is 2.33. The second-order valence-corrected chi connectivity index (χ2v) is 3.41. The van der Waals surface area contributed by atoms with Gasteiger partial charge in [0.05, 0.1) is 12.9 Å². The average molecular weight is 222 g/mol. The Bertz CT molecular complexity index is 354. The fourth-order valence-electron chi connectivity index (χ4n) is 1.43. The highest BCUT2D eigenvalue weighted by molar-refractivity contribution is 5.77. The molecule has 0 aliphatic heterocycles. The first-order valence-electron chi connectivity index (χ1n) is 5.25. The van der Waals surface area contributed by atoms with Gasteiger partial charge in [0.25, 0.3) is 0 Å². The van der Waals surface area contributed by atoms with Crippen LogP contribution in [0.15, 0.2) is 18.3 Å². The van der Waals surface area contributed by atoms with E-state index in [1.165, 1.54) is 0 Å². The number of rotatable bonds is 6. The molecule has 0 atom stereocenters. The summed E-state index contributed by atoms with van der Waals surface area (Å²) in [7, 11) is 1.60. The van der Waals surface area contributed by atoms with Gasteiger partial charge >= 0.3 is 0 Å². The molecule has 1 heterocycles. The van der Waals surface area contributed by atoms with Gasteiger partial charge in [0.2, 0.25) is 5.88 Å². The van der Waals surface area contributed by atoms with Gasteiger partial charge in [-0.05, 0) is 13.0 Å². The van der Waals surface area contributed by atoms with Crippen LogP contribution in [0, 0.1) is 5.41 Å². The second-order valence-electron chi connectivity index (χ2n) is 3.41. The second kappa shape index (κ2) is 5.95. The lowest BCUT2D eigenvalue weighted by Crippen LogP contribution is -2.27. The summed E-state index contributed by atoms with van der Waals surface area (Å²) in [4.78, 5) is 6.18. The molecule has 0 saturated carbocycles. The van der Waals surface area contributed by atoms with E-state index in [-0.39, 0.29) is 5.84 Å². The summed E-state index contributed by atoms with van der Waals surface area (Å²) < 4.78 is 5.07. The largest absolute Gasteiger partial charge is 0.481 e. The Labute approximate surface area is 95.7 Å². The minimum Gasteiger partial charge on any atom is -0.481 e. The van der Waals surface area contributed by atoms with Gasteiger partial charge in [-0.2, -0.15) is 0 Å². The predicted molar refractivity (Wildman–Crippen MR) is 65.2 cm³/mol. The highest BCUT2D eigenvalue weighted by atomic mass is 16.5. The molecule has 1 rings (SSSR count).